The van der Waals surface area contributed by atoms with E-state index in [-0.39, 0.29) is 11.1 Å². The maximum Gasteiger partial charge on any atom is 0.0645 e. The van der Waals surface area contributed by atoms with Gasteiger partial charge in [0.1, 0.15) is 0 Å². The Morgan fingerprint density at radius 1 is 0.340 bits per heavy atom. The van der Waals surface area contributed by atoms with E-state index in [1.807, 2.05) is 42.5 Å². The fourth-order valence-corrected chi connectivity index (χ4v) is 5.05. The Kier molecular flexibility index (Phi) is 3.58. The van der Waals surface area contributed by atoms with E-state index in [9.17, 15) is 11.0 Å². The van der Waals surface area contributed by atoms with Gasteiger partial charge in [-0.15, -0.1) is 0 Å². The number of anilines is 3. The molecule has 1 nitrogen and oxygen atoms in total. The van der Waals surface area contributed by atoms with E-state index in [0.717, 1.165) is 16.3 Å². The van der Waals surface area contributed by atoms with Crippen LogP contribution in [0.5, 0.6) is 0 Å². The third kappa shape index (κ3) is 5.83. The molecule has 0 heterocycles. The minimum absolute atomic E-state index is 0.218. The van der Waals surface area contributed by atoms with Crippen LogP contribution in [0.25, 0.3) is 55.3 Å². The number of benzene rings is 8. The summed E-state index contributed by atoms with van der Waals surface area (Å²) in [7, 11) is 0. The summed E-state index contributed by atoms with van der Waals surface area (Å²) in [5.41, 5.74) is -4.38. The highest BCUT2D eigenvalue weighted by Gasteiger charge is 2.14. The summed E-state index contributed by atoms with van der Waals surface area (Å²) < 4.78 is 195. The predicted octanol–water partition coefficient (Wildman–Crippen LogP) is 13.0. The van der Waals surface area contributed by atoms with Crippen LogP contribution in [0, 0.1) is 0 Å². The summed E-state index contributed by atoms with van der Waals surface area (Å²) in [6, 6.07) is -0.528. The Hall–Kier alpha value is -6.18. The van der Waals surface area contributed by atoms with E-state index in [1.54, 1.807) is 24.3 Å². The normalized spacial score (nSPS) is 17.5. The Morgan fingerprint density at radius 2 is 0.766 bits per heavy atom. The number of fused-ring (bicyclic) bond motifs is 1. The molecular weight excluding hydrogens is 567 g/mol. The second-order valence-electron chi connectivity index (χ2n) is 10.1. The lowest BCUT2D eigenvalue weighted by Gasteiger charge is -2.26. The van der Waals surface area contributed by atoms with Crippen molar-refractivity contribution in [1.82, 2.24) is 0 Å². The Balaban J connectivity index is 1.47. The van der Waals surface area contributed by atoms with Crippen molar-refractivity contribution in [3.8, 4) is 44.5 Å². The van der Waals surface area contributed by atoms with Crippen molar-refractivity contribution in [3.05, 3.63) is 200 Å². The molecule has 0 aliphatic rings. The molecule has 8 aromatic carbocycles. The molecule has 1 heteroatoms. The maximum absolute atomic E-state index is 9.49. The second kappa shape index (κ2) is 12.7. The molecule has 0 aliphatic heterocycles. The first-order valence-corrected chi connectivity index (χ1v) is 14.3. The molecule has 0 bridgehead atoms. The smallest absolute Gasteiger partial charge is 0.0645 e. The van der Waals surface area contributed by atoms with Gasteiger partial charge in [-0.2, -0.15) is 0 Å². The molecule has 8 aromatic rings. The zero-order valence-electron chi connectivity index (χ0n) is 46.3. The number of hydrogen-bond acceptors (Lipinski definition) is 1. The summed E-state index contributed by atoms with van der Waals surface area (Å²) in [6.45, 7) is 0. The van der Waals surface area contributed by atoms with Crippen molar-refractivity contribution in [3.63, 3.8) is 0 Å². The van der Waals surface area contributed by atoms with Gasteiger partial charge in [0, 0.05) is 17.1 Å². The first-order chi connectivity index (χ1) is 32.5. The molecule has 8 rings (SSSR count). The van der Waals surface area contributed by atoms with E-state index in [1.165, 1.54) is 0 Å². The molecule has 0 unspecified atom stereocenters. The molecule has 0 aliphatic carbocycles. The van der Waals surface area contributed by atoms with Crippen LogP contribution in [0.2, 0.25) is 0 Å². The summed E-state index contributed by atoms with van der Waals surface area (Å²) in [5, 5.41) is 1.82. The molecule has 0 radical (unpaired) electrons. The largest absolute Gasteiger partial charge is 0.311 e. The van der Waals surface area contributed by atoms with Gasteiger partial charge in [-0.25, -0.2) is 0 Å². The highest BCUT2D eigenvalue weighted by Crippen LogP contribution is 2.38. The fraction of sp³-hybridized carbons (Fsp3) is 0. The SMILES string of the molecule is [2H]c1c([2H])c([2H])c(-c2c([2H])c([2H])c(N(c3c([2H])c([2H])c(-c4cccc(-c5cccc6ccccc56)c4)c([2H])c3[2H])c3c([2H])c([2H])c(-c4c([2H])c([2H])c([2H])c([2H])c4[2H])c([2H])c3[2H])c([2H])c2[2H])c([2H])c1[2H]. The summed E-state index contributed by atoms with van der Waals surface area (Å²) in [6.07, 6.45) is 0. The third-order valence-electron chi connectivity index (χ3n) is 7.26. The molecule has 0 fully saturated rings. The Labute approximate surface area is 307 Å². The molecule has 0 aromatic heterocycles. The zero-order valence-corrected chi connectivity index (χ0v) is 24.3. The minimum Gasteiger partial charge on any atom is -0.311 e. The highest BCUT2D eigenvalue weighted by atomic mass is 15.1. The van der Waals surface area contributed by atoms with Gasteiger partial charge in [-0.3, -0.25) is 0 Å². The van der Waals surface area contributed by atoms with Crippen molar-refractivity contribution in [2.24, 2.45) is 0 Å². The topological polar surface area (TPSA) is 3.24 Å². The summed E-state index contributed by atoms with van der Waals surface area (Å²) in [4.78, 5) is 0.496. The van der Waals surface area contributed by atoms with Crippen LogP contribution in [0.4, 0.5) is 17.1 Å². The molecular formula is C46H33N. The molecule has 0 N–H and O–H groups in total. The molecule has 0 saturated heterocycles. The van der Waals surface area contributed by atoms with Gasteiger partial charge in [-0.05, 0) is 97.6 Å². The summed E-state index contributed by atoms with van der Waals surface area (Å²) >= 11 is 0. The second-order valence-corrected chi connectivity index (χ2v) is 10.1. The highest BCUT2D eigenvalue weighted by molar-refractivity contribution is 5.97. The van der Waals surface area contributed by atoms with Crippen LogP contribution in [0.1, 0.15) is 30.2 Å². The first kappa shape index (κ1) is 13.3. The van der Waals surface area contributed by atoms with Gasteiger partial charge in [0.15, 0.2) is 0 Å². The summed E-state index contributed by atoms with van der Waals surface area (Å²) in [5.74, 6) is 0. The average molecular weight is 622 g/mol. The van der Waals surface area contributed by atoms with Crippen molar-refractivity contribution in [2.45, 2.75) is 0 Å². The number of rotatable bonds is 7. The van der Waals surface area contributed by atoms with E-state index in [0.29, 0.717) is 10.5 Å². The van der Waals surface area contributed by atoms with Crippen molar-refractivity contribution in [1.29, 1.82) is 0 Å². The standard InChI is InChI=1S/C46H33N/c1-3-11-34(12-4-1)36-21-27-42(28-22-36)47(43-29-23-37(24-30-43)35-13-5-2-6-14-35)44-31-25-38(26-32-44)40-17-9-18-41(33-40)46-20-10-16-39-15-7-8-19-45(39)46/h1-33H/i1D,2D,3D,4D,5D,6D,11D,12D,13D,14D,21D,22D,23D,24D,25D,26D,27D,28D,29D,30D,31D,32D. The van der Waals surface area contributed by atoms with Crippen LogP contribution in [-0.4, -0.2) is 0 Å². The fourth-order valence-electron chi connectivity index (χ4n) is 5.05. The Bertz CT molecular complexity index is 3260. The predicted molar refractivity (Wildman–Crippen MR) is 200 cm³/mol. The van der Waals surface area contributed by atoms with Crippen molar-refractivity contribution >= 4 is 27.8 Å². The van der Waals surface area contributed by atoms with Gasteiger partial charge < -0.3 is 4.90 Å². The molecule has 47 heavy (non-hydrogen) atoms. The van der Waals surface area contributed by atoms with E-state index >= 15 is 0 Å². The first-order valence-electron chi connectivity index (χ1n) is 25.3. The van der Waals surface area contributed by atoms with Crippen LogP contribution in [-0.2, 0) is 0 Å². The zero-order chi connectivity index (χ0) is 50.6. The van der Waals surface area contributed by atoms with Gasteiger partial charge in [0.25, 0.3) is 0 Å². The van der Waals surface area contributed by atoms with Crippen LogP contribution in [0.15, 0.2) is 200 Å². The van der Waals surface area contributed by atoms with E-state index in [4.69, 9.17) is 19.2 Å². The lowest BCUT2D eigenvalue weighted by molar-refractivity contribution is 1.28. The van der Waals surface area contributed by atoms with Gasteiger partial charge in [0.05, 0.1) is 30.2 Å². The van der Waals surface area contributed by atoms with Gasteiger partial charge >= 0.3 is 0 Å². The average Bonchev–Trinajstić information content (AvgIpc) is 3.34. The third-order valence-corrected chi connectivity index (χ3v) is 7.26. The van der Waals surface area contributed by atoms with Crippen LogP contribution < -0.4 is 4.90 Å². The van der Waals surface area contributed by atoms with E-state index < -0.39 is 172 Å². The van der Waals surface area contributed by atoms with Gasteiger partial charge in [-0.1, -0.05) is 157 Å². The monoisotopic (exact) mass is 621 g/mol. The van der Waals surface area contributed by atoms with Crippen LogP contribution in [0.3, 0.4) is 0 Å². The molecule has 0 spiro atoms. The molecule has 222 valence electrons. The lowest BCUT2D eigenvalue weighted by atomic mass is 9.95. The quantitative estimate of drug-likeness (QED) is 0.171. The minimum atomic E-state index is -1.10. The van der Waals surface area contributed by atoms with Crippen molar-refractivity contribution < 1.29 is 30.2 Å². The molecule has 0 atom stereocenters. The number of hydrogen-bond donors (Lipinski definition) is 0. The van der Waals surface area contributed by atoms with Crippen molar-refractivity contribution in [2.75, 3.05) is 4.90 Å². The Morgan fingerprint density at radius 3 is 1.32 bits per heavy atom. The van der Waals surface area contributed by atoms with Crippen LogP contribution >= 0.6 is 0 Å². The van der Waals surface area contributed by atoms with Gasteiger partial charge in [0.2, 0.25) is 0 Å². The molecule has 0 amide bonds. The van der Waals surface area contributed by atoms with E-state index in [2.05, 4.69) is 0 Å². The maximum atomic E-state index is 9.49. The molecule has 0 saturated carbocycles. The lowest BCUT2D eigenvalue weighted by Crippen LogP contribution is -2.09. The number of nitrogens with zero attached hydrogens (tertiary/aromatic N) is 1.